The highest BCUT2D eigenvalue weighted by atomic mass is 16.7. The van der Waals surface area contributed by atoms with Crippen molar-refractivity contribution in [2.45, 2.75) is 32.1 Å². The van der Waals surface area contributed by atoms with Crippen LogP contribution in [0.2, 0.25) is 0 Å². The van der Waals surface area contributed by atoms with E-state index in [9.17, 15) is 4.79 Å². The van der Waals surface area contributed by atoms with E-state index in [2.05, 4.69) is 15.3 Å². The molecule has 21 heavy (non-hydrogen) atoms. The van der Waals surface area contributed by atoms with Gasteiger partial charge in [-0.1, -0.05) is 19.9 Å². The van der Waals surface area contributed by atoms with Gasteiger partial charge in [0.05, 0.1) is 5.52 Å². The van der Waals surface area contributed by atoms with Crippen LogP contribution >= 0.6 is 0 Å². The van der Waals surface area contributed by atoms with E-state index < -0.39 is 6.16 Å². The number of carbonyl (C=O) groups is 1. The van der Waals surface area contributed by atoms with Crippen LogP contribution in [0.5, 0.6) is 5.75 Å². The van der Waals surface area contributed by atoms with Crippen molar-refractivity contribution < 1.29 is 14.6 Å². The summed E-state index contributed by atoms with van der Waals surface area (Å²) in [4.78, 5) is 18.9. The van der Waals surface area contributed by atoms with Gasteiger partial charge in [-0.2, -0.15) is 0 Å². The fourth-order valence-electron chi connectivity index (χ4n) is 2.82. The normalized spacial score (nSPS) is 18.5. The first-order valence-corrected chi connectivity index (χ1v) is 7.20. The molecule has 1 atom stereocenters. The number of H-pyrrole nitrogens is 1. The van der Waals surface area contributed by atoms with Gasteiger partial charge in [0.25, 0.3) is 0 Å². The Balaban J connectivity index is 2.11. The van der Waals surface area contributed by atoms with E-state index in [0.717, 1.165) is 36.4 Å². The fraction of sp³-hybridized carbons (Fsp3) is 0.467. The molecular weight excluding hydrogens is 270 g/mol. The number of nitrogens with one attached hydrogen (secondary N) is 2. The van der Waals surface area contributed by atoms with Crippen LogP contribution in [0.25, 0.3) is 11.0 Å². The van der Waals surface area contributed by atoms with Gasteiger partial charge < -0.3 is 20.1 Å². The third-order valence-electron chi connectivity index (χ3n) is 3.92. The number of rotatable bonds is 3. The standard InChI is InChI=1S/C15H19N3O3/c1-8(2)10-3-4-11-12(13(10)21-15(19)20)18-14(17-11)9-5-6-16-7-9/h3-4,8-9,16H,5-7H2,1-2H3,(H,17,18)(H,19,20). The molecule has 112 valence electrons. The van der Waals surface area contributed by atoms with Crippen LogP contribution in [0.3, 0.4) is 0 Å². The van der Waals surface area contributed by atoms with E-state index in [-0.39, 0.29) is 5.92 Å². The molecule has 1 aliphatic heterocycles. The maximum Gasteiger partial charge on any atom is 0.511 e. The van der Waals surface area contributed by atoms with Gasteiger partial charge in [0.1, 0.15) is 11.3 Å². The first kappa shape index (κ1) is 13.9. The summed E-state index contributed by atoms with van der Waals surface area (Å²) in [5.74, 6) is 1.75. The molecule has 1 fully saturated rings. The number of carboxylic acid groups (broad SMARTS) is 1. The zero-order valence-corrected chi connectivity index (χ0v) is 12.1. The van der Waals surface area contributed by atoms with Gasteiger partial charge in [-0.25, -0.2) is 9.78 Å². The first-order valence-electron chi connectivity index (χ1n) is 7.20. The number of fused-ring (bicyclic) bond motifs is 1. The number of hydrogen-bond donors (Lipinski definition) is 3. The number of hydrogen-bond acceptors (Lipinski definition) is 4. The topological polar surface area (TPSA) is 87.2 Å². The number of imidazole rings is 1. The van der Waals surface area contributed by atoms with Crippen molar-refractivity contribution in [3.8, 4) is 5.75 Å². The molecule has 0 aliphatic carbocycles. The maximum atomic E-state index is 11.0. The minimum atomic E-state index is -1.31. The Labute approximate surface area is 122 Å². The second-order valence-electron chi connectivity index (χ2n) is 5.71. The Morgan fingerprint density at radius 1 is 1.48 bits per heavy atom. The molecule has 0 radical (unpaired) electrons. The van der Waals surface area contributed by atoms with Crippen molar-refractivity contribution in [2.24, 2.45) is 0 Å². The van der Waals surface area contributed by atoms with E-state index in [1.165, 1.54) is 0 Å². The Kier molecular flexibility index (Phi) is 3.55. The third kappa shape index (κ3) is 2.58. The summed E-state index contributed by atoms with van der Waals surface area (Å²) in [6, 6.07) is 3.85. The predicted molar refractivity (Wildman–Crippen MR) is 79.1 cm³/mol. The van der Waals surface area contributed by atoms with Crippen molar-refractivity contribution in [3.05, 3.63) is 23.5 Å². The number of nitrogens with zero attached hydrogens (tertiary/aromatic N) is 1. The van der Waals surface area contributed by atoms with Crippen LogP contribution in [-0.4, -0.2) is 34.3 Å². The van der Waals surface area contributed by atoms with Gasteiger partial charge in [-0.3, -0.25) is 0 Å². The van der Waals surface area contributed by atoms with Crippen LogP contribution < -0.4 is 10.1 Å². The molecule has 6 heteroatoms. The van der Waals surface area contributed by atoms with Gasteiger partial charge in [-0.05, 0) is 24.9 Å². The fourth-order valence-corrected chi connectivity index (χ4v) is 2.82. The predicted octanol–water partition coefficient (Wildman–Crippen LogP) is 2.82. The highest BCUT2D eigenvalue weighted by molar-refractivity contribution is 5.85. The van der Waals surface area contributed by atoms with E-state index in [1.807, 2.05) is 26.0 Å². The van der Waals surface area contributed by atoms with Crippen molar-refractivity contribution in [2.75, 3.05) is 13.1 Å². The molecule has 2 heterocycles. The molecule has 1 aromatic carbocycles. The van der Waals surface area contributed by atoms with E-state index in [0.29, 0.717) is 17.2 Å². The zero-order chi connectivity index (χ0) is 15.0. The molecule has 0 saturated carbocycles. The molecule has 1 unspecified atom stereocenters. The number of ether oxygens (including phenoxy) is 1. The van der Waals surface area contributed by atoms with Crippen LogP contribution in [0.4, 0.5) is 4.79 Å². The molecule has 3 N–H and O–H groups in total. The molecule has 0 spiro atoms. The second-order valence-corrected chi connectivity index (χ2v) is 5.71. The maximum absolute atomic E-state index is 11.0. The minimum absolute atomic E-state index is 0.164. The molecule has 1 saturated heterocycles. The van der Waals surface area contributed by atoms with Gasteiger partial charge in [-0.15, -0.1) is 0 Å². The summed E-state index contributed by atoms with van der Waals surface area (Å²) in [7, 11) is 0. The first-order chi connectivity index (χ1) is 10.1. The minimum Gasteiger partial charge on any atom is -0.449 e. The van der Waals surface area contributed by atoms with Gasteiger partial charge in [0, 0.05) is 18.0 Å². The number of aromatic nitrogens is 2. The average Bonchev–Trinajstić information content (AvgIpc) is 3.06. The highest BCUT2D eigenvalue weighted by Crippen LogP contribution is 2.34. The Hall–Kier alpha value is -2.08. The second kappa shape index (κ2) is 5.37. The molecule has 0 amide bonds. The lowest BCUT2D eigenvalue weighted by molar-refractivity contribution is 0.144. The Morgan fingerprint density at radius 2 is 2.29 bits per heavy atom. The number of benzene rings is 1. The highest BCUT2D eigenvalue weighted by Gasteiger charge is 2.23. The van der Waals surface area contributed by atoms with Crippen molar-refractivity contribution in [3.63, 3.8) is 0 Å². The summed E-state index contributed by atoms with van der Waals surface area (Å²) in [6.45, 7) is 5.89. The number of aromatic amines is 1. The van der Waals surface area contributed by atoms with Gasteiger partial charge in [0.15, 0.2) is 5.75 Å². The van der Waals surface area contributed by atoms with Crippen molar-refractivity contribution in [1.29, 1.82) is 0 Å². The Morgan fingerprint density at radius 3 is 2.90 bits per heavy atom. The molecule has 6 nitrogen and oxygen atoms in total. The summed E-state index contributed by atoms with van der Waals surface area (Å²) in [6.07, 6.45) is -0.275. The lowest BCUT2D eigenvalue weighted by atomic mass is 10.0. The SMILES string of the molecule is CC(C)c1ccc2[nH]c(C3CCNC3)nc2c1OC(=O)O. The summed E-state index contributed by atoms with van der Waals surface area (Å²) in [5.41, 5.74) is 2.27. The lowest BCUT2D eigenvalue weighted by Gasteiger charge is -2.11. The monoisotopic (exact) mass is 289 g/mol. The molecule has 2 aromatic rings. The largest absolute Gasteiger partial charge is 0.511 e. The molecule has 1 aliphatic rings. The summed E-state index contributed by atoms with van der Waals surface area (Å²) >= 11 is 0. The van der Waals surface area contributed by atoms with Crippen LogP contribution in [0, 0.1) is 0 Å². The van der Waals surface area contributed by atoms with Crippen molar-refractivity contribution >= 4 is 17.2 Å². The van der Waals surface area contributed by atoms with Crippen LogP contribution in [0.1, 0.15) is 43.5 Å². The van der Waals surface area contributed by atoms with Crippen LogP contribution in [-0.2, 0) is 0 Å². The smallest absolute Gasteiger partial charge is 0.449 e. The summed E-state index contributed by atoms with van der Waals surface area (Å²) in [5, 5.41) is 12.3. The molecular formula is C15H19N3O3. The zero-order valence-electron chi connectivity index (χ0n) is 12.1. The lowest BCUT2D eigenvalue weighted by Crippen LogP contribution is -2.08. The summed E-state index contributed by atoms with van der Waals surface area (Å²) < 4.78 is 5.01. The van der Waals surface area contributed by atoms with Crippen LogP contribution in [0.15, 0.2) is 12.1 Å². The molecule has 0 bridgehead atoms. The van der Waals surface area contributed by atoms with E-state index in [4.69, 9.17) is 9.84 Å². The van der Waals surface area contributed by atoms with E-state index >= 15 is 0 Å². The molecule has 1 aromatic heterocycles. The third-order valence-corrected chi connectivity index (χ3v) is 3.92. The molecule has 3 rings (SSSR count). The Bertz CT molecular complexity index is 672. The van der Waals surface area contributed by atoms with E-state index in [1.54, 1.807) is 0 Å². The quantitative estimate of drug-likeness (QED) is 0.597. The van der Waals surface area contributed by atoms with Gasteiger partial charge >= 0.3 is 6.16 Å². The average molecular weight is 289 g/mol. The van der Waals surface area contributed by atoms with Crippen molar-refractivity contribution in [1.82, 2.24) is 15.3 Å². The van der Waals surface area contributed by atoms with Gasteiger partial charge in [0.2, 0.25) is 0 Å².